The molecule has 0 spiro atoms. The number of nitrogen functional groups attached to an aromatic ring is 1. The van der Waals surface area contributed by atoms with Crippen molar-refractivity contribution in [1.82, 2.24) is 10.6 Å². The van der Waals surface area contributed by atoms with Crippen LogP contribution < -0.4 is 21.7 Å². The fraction of sp³-hybridized carbons (Fsp3) is 0.429. The molecule has 1 fully saturated rings. The second-order valence-corrected chi connectivity index (χ2v) is 13.2. The molecule has 5 N–H and O–H groups in total. The third kappa shape index (κ3) is 10.1. The fourth-order valence-electron chi connectivity index (χ4n) is 5.89. The zero-order chi connectivity index (χ0) is 32.2. The molecule has 242 valence electrons. The van der Waals surface area contributed by atoms with Crippen LogP contribution in [-0.4, -0.2) is 31.6 Å². The summed E-state index contributed by atoms with van der Waals surface area (Å²) >= 11 is 16.2. The summed E-state index contributed by atoms with van der Waals surface area (Å²) in [5.41, 5.74) is 10.9. The summed E-state index contributed by atoms with van der Waals surface area (Å²) < 4.78 is 6.24. The second kappa shape index (κ2) is 17.8. The molecule has 0 aliphatic heterocycles. The number of nitrogens with one attached hydrogen (secondary N) is 3. The molecule has 3 aromatic rings. The quantitative estimate of drug-likeness (QED) is 0.0711. The maximum Gasteiger partial charge on any atom is 0.310 e. The molecule has 1 unspecified atom stereocenters. The van der Waals surface area contributed by atoms with Gasteiger partial charge in [0.1, 0.15) is 0 Å². The van der Waals surface area contributed by atoms with E-state index in [9.17, 15) is 9.59 Å². The van der Waals surface area contributed by atoms with Crippen molar-refractivity contribution in [2.45, 2.75) is 70.8 Å². The third-order valence-electron chi connectivity index (χ3n) is 8.25. The Morgan fingerprint density at radius 2 is 1.73 bits per heavy atom. The third-order valence-corrected chi connectivity index (χ3v) is 9.53. The van der Waals surface area contributed by atoms with Gasteiger partial charge in [0.15, 0.2) is 0 Å². The summed E-state index contributed by atoms with van der Waals surface area (Å²) in [5, 5.41) is 10.9. The Kier molecular flexibility index (Phi) is 13.9. The van der Waals surface area contributed by atoms with Crippen LogP contribution in [0.25, 0.3) is 0 Å². The number of para-hydroxylation sites is 2. The van der Waals surface area contributed by atoms with Crippen molar-refractivity contribution in [3.05, 3.63) is 85.8 Å². The normalized spacial score (nSPS) is 14.1. The van der Waals surface area contributed by atoms with Gasteiger partial charge in [-0.05, 0) is 102 Å². The van der Waals surface area contributed by atoms with Crippen LogP contribution in [0.3, 0.4) is 0 Å². The van der Waals surface area contributed by atoms with E-state index in [2.05, 4.69) is 38.8 Å². The predicted octanol–water partition coefficient (Wildman–Crippen LogP) is 9.00. The van der Waals surface area contributed by atoms with Gasteiger partial charge in [-0.2, -0.15) is 0 Å². The Bertz CT molecular complexity index is 1430. The highest BCUT2D eigenvalue weighted by Crippen LogP contribution is 2.39. The number of ether oxygens (including phenoxy) is 1. The second-order valence-electron chi connectivity index (χ2n) is 11.5. The van der Waals surface area contributed by atoms with Gasteiger partial charge in [0.25, 0.3) is 5.91 Å². The lowest BCUT2D eigenvalue weighted by Crippen LogP contribution is -2.31. The van der Waals surface area contributed by atoms with Crippen molar-refractivity contribution < 1.29 is 14.3 Å². The lowest BCUT2D eigenvalue weighted by Gasteiger charge is -2.32. The van der Waals surface area contributed by atoms with E-state index in [4.69, 9.17) is 33.7 Å². The standard InChI is InChI=1S/C35H43BrCl2N4O3/c1-2-40-33(23-12-5-3-6-13-23)26-20-25(21-27(36)32(26)39)35(44)41-18-9-4-10-19-45-31(43)22-24-14-7-8-17-30(24)42-34-28(37)15-11-16-29(34)38/h7-8,11,14-17,20-21,23,33,40,42H,2-6,9-10,12-13,18-19,22,39H2,1H3,(H,41,44). The minimum atomic E-state index is -0.309. The van der Waals surface area contributed by atoms with E-state index >= 15 is 0 Å². The number of hydrogen-bond acceptors (Lipinski definition) is 6. The Morgan fingerprint density at radius 1 is 1.00 bits per heavy atom. The minimum absolute atomic E-state index is 0.118. The van der Waals surface area contributed by atoms with E-state index in [0.29, 0.717) is 52.5 Å². The number of anilines is 3. The predicted molar refractivity (Wildman–Crippen MR) is 189 cm³/mol. The average Bonchev–Trinajstić information content (AvgIpc) is 3.03. The van der Waals surface area contributed by atoms with E-state index in [0.717, 1.165) is 40.7 Å². The van der Waals surface area contributed by atoms with Crippen LogP contribution in [0.2, 0.25) is 10.0 Å². The Labute approximate surface area is 285 Å². The summed E-state index contributed by atoms with van der Waals surface area (Å²) in [4.78, 5) is 25.6. The topological polar surface area (TPSA) is 105 Å². The maximum absolute atomic E-state index is 13.1. The van der Waals surface area contributed by atoms with Gasteiger partial charge in [-0.25, -0.2) is 0 Å². The molecule has 0 saturated heterocycles. The molecule has 0 aromatic heterocycles. The first-order chi connectivity index (χ1) is 21.8. The van der Waals surface area contributed by atoms with Crippen LogP contribution in [0.4, 0.5) is 17.1 Å². The lowest BCUT2D eigenvalue weighted by atomic mass is 9.80. The molecule has 3 aromatic carbocycles. The van der Waals surface area contributed by atoms with Crippen molar-refractivity contribution in [1.29, 1.82) is 0 Å². The first-order valence-electron chi connectivity index (χ1n) is 15.8. The monoisotopic (exact) mass is 716 g/mol. The van der Waals surface area contributed by atoms with Crippen LogP contribution in [0.15, 0.2) is 59.1 Å². The molecule has 1 aliphatic rings. The highest BCUT2D eigenvalue weighted by molar-refractivity contribution is 9.10. The first-order valence-corrected chi connectivity index (χ1v) is 17.4. The number of nitrogens with two attached hydrogens (primary N) is 1. The molecule has 7 nitrogen and oxygen atoms in total. The van der Waals surface area contributed by atoms with Gasteiger partial charge in [-0.1, -0.05) is 73.7 Å². The number of unbranched alkanes of at least 4 members (excludes halogenated alkanes) is 2. The highest BCUT2D eigenvalue weighted by atomic mass is 79.9. The van der Waals surface area contributed by atoms with Crippen molar-refractivity contribution in [2.24, 2.45) is 5.92 Å². The molecular weight excluding hydrogens is 675 g/mol. The van der Waals surface area contributed by atoms with E-state index in [1.165, 1.54) is 32.1 Å². The molecule has 10 heteroatoms. The van der Waals surface area contributed by atoms with Gasteiger partial charge in [0.2, 0.25) is 0 Å². The number of hydrogen-bond donors (Lipinski definition) is 4. The number of esters is 1. The van der Waals surface area contributed by atoms with Crippen molar-refractivity contribution in [2.75, 3.05) is 30.7 Å². The van der Waals surface area contributed by atoms with Crippen LogP contribution in [-0.2, 0) is 16.0 Å². The summed E-state index contributed by atoms with van der Waals surface area (Å²) in [6, 6.07) is 16.7. The Balaban J connectivity index is 1.21. The number of carbonyl (C=O) groups excluding carboxylic acids is 2. The smallest absolute Gasteiger partial charge is 0.310 e. The number of amides is 1. The molecule has 0 bridgehead atoms. The van der Waals surface area contributed by atoms with E-state index in [1.54, 1.807) is 24.3 Å². The van der Waals surface area contributed by atoms with Crippen molar-refractivity contribution >= 4 is 68.1 Å². The molecular formula is C35H43BrCl2N4O3. The zero-order valence-corrected chi connectivity index (χ0v) is 28.9. The SMILES string of the molecule is CCNC(c1cc(C(=O)NCCCCCOC(=O)Cc2ccccc2Nc2c(Cl)cccc2Cl)cc(Br)c1N)C1CCCCC1. The lowest BCUT2D eigenvalue weighted by molar-refractivity contribution is -0.142. The minimum Gasteiger partial charge on any atom is -0.465 e. The molecule has 1 saturated carbocycles. The highest BCUT2D eigenvalue weighted by Gasteiger charge is 2.27. The van der Waals surface area contributed by atoms with Gasteiger partial charge < -0.3 is 26.4 Å². The average molecular weight is 719 g/mol. The van der Waals surface area contributed by atoms with Crippen LogP contribution in [0.1, 0.15) is 85.8 Å². The Morgan fingerprint density at radius 3 is 2.47 bits per heavy atom. The molecule has 1 aliphatic carbocycles. The Hall–Kier alpha value is -2.78. The van der Waals surface area contributed by atoms with Gasteiger partial charge in [0, 0.05) is 28.3 Å². The number of halogens is 3. The molecule has 45 heavy (non-hydrogen) atoms. The molecule has 4 rings (SSSR count). The molecule has 1 amide bonds. The molecule has 0 radical (unpaired) electrons. The molecule has 0 heterocycles. The van der Waals surface area contributed by atoms with Gasteiger partial charge in [-0.3, -0.25) is 9.59 Å². The fourth-order valence-corrected chi connectivity index (χ4v) is 6.86. The summed E-state index contributed by atoms with van der Waals surface area (Å²) in [6.07, 6.45) is 8.52. The van der Waals surface area contributed by atoms with Crippen LogP contribution >= 0.6 is 39.1 Å². The van der Waals surface area contributed by atoms with Crippen molar-refractivity contribution in [3.63, 3.8) is 0 Å². The van der Waals surface area contributed by atoms with E-state index in [1.807, 2.05) is 30.3 Å². The summed E-state index contributed by atoms with van der Waals surface area (Å²) in [5.74, 6) is 0.0865. The zero-order valence-electron chi connectivity index (χ0n) is 25.8. The first kappa shape index (κ1) is 35.1. The molecule has 1 atom stereocenters. The number of rotatable bonds is 15. The van der Waals surface area contributed by atoms with Gasteiger partial charge >= 0.3 is 5.97 Å². The number of benzene rings is 3. The van der Waals surface area contributed by atoms with Crippen molar-refractivity contribution in [3.8, 4) is 0 Å². The summed E-state index contributed by atoms with van der Waals surface area (Å²) in [7, 11) is 0. The van der Waals surface area contributed by atoms with Crippen LogP contribution in [0, 0.1) is 5.92 Å². The summed E-state index contributed by atoms with van der Waals surface area (Å²) in [6.45, 7) is 3.80. The van der Waals surface area contributed by atoms with E-state index in [-0.39, 0.29) is 24.3 Å². The van der Waals surface area contributed by atoms with Crippen LogP contribution in [0.5, 0.6) is 0 Å². The van der Waals surface area contributed by atoms with Gasteiger partial charge in [0.05, 0.1) is 34.4 Å². The number of carbonyl (C=O) groups is 2. The largest absolute Gasteiger partial charge is 0.465 e. The maximum atomic E-state index is 13.1. The van der Waals surface area contributed by atoms with Gasteiger partial charge in [-0.15, -0.1) is 0 Å². The van der Waals surface area contributed by atoms with E-state index < -0.39 is 0 Å².